The molecule has 6 nitrogen and oxygen atoms in total. The molecule has 154 valence electrons. The summed E-state index contributed by atoms with van der Waals surface area (Å²) in [6.45, 7) is 5.00. The molecule has 0 spiro atoms. The van der Waals surface area contributed by atoms with Crippen molar-refractivity contribution in [3.05, 3.63) is 20.8 Å². The molecule has 3 rings (SSSR count). The van der Waals surface area contributed by atoms with Gasteiger partial charge in [-0.2, -0.15) is 0 Å². The number of aromatic nitrogens is 2. The average Bonchev–Trinajstić information content (AvgIpc) is 3.04. The highest BCUT2D eigenvalue weighted by atomic mass is 32.2. The monoisotopic (exact) mass is 423 g/mol. The second-order valence-corrected chi connectivity index (χ2v) is 9.31. The number of thiophene rings is 1. The number of amides is 1. The predicted molar refractivity (Wildman–Crippen MR) is 116 cm³/mol. The number of fused-ring (bicyclic) bond motifs is 3. The Balaban J connectivity index is 1.87. The van der Waals surface area contributed by atoms with Gasteiger partial charge in [0.05, 0.1) is 24.3 Å². The number of thioether (sulfide) groups is 1. The van der Waals surface area contributed by atoms with Gasteiger partial charge in [-0.05, 0) is 44.6 Å². The fourth-order valence-electron chi connectivity index (χ4n) is 3.66. The molecule has 0 radical (unpaired) electrons. The standard InChI is InChI=1S/C20H29N3O3S2/c1-4-7-13(2)21-16(24)12-27-20-22-18-17(19(25)23(20)10-11-26-3)14-8-5-6-9-15(14)28-18/h13H,4-12H2,1-3H3,(H,21,24). The van der Waals surface area contributed by atoms with Crippen molar-refractivity contribution in [1.29, 1.82) is 0 Å². The minimum Gasteiger partial charge on any atom is -0.383 e. The molecule has 1 N–H and O–H groups in total. The van der Waals surface area contributed by atoms with Gasteiger partial charge in [0.25, 0.3) is 5.56 Å². The van der Waals surface area contributed by atoms with Crippen LogP contribution in [0, 0.1) is 0 Å². The van der Waals surface area contributed by atoms with Crippen LogP contribution in [-0.2, 0) is 28.9 Å². The van der Waals surface area contributed by atoms with Crippen LogP contribution in [-0.4, -0.2) is 41.0 Å². The summed E-state index contributed by atoms with van der Waals surface area (Å²) in [6.07, 6.45) is 6.29. The van der Waals surface area contributed by atoms with Gasteiger partial charge in [0.2, 0.25) is 5.91 Å². The van der Waals surface area contributed by atoms with Crippen LogP contribution in [0.15, 0.2) is 9.95 Å². The zero-order valence-corrected chi connectivity index (χ0v) is 18.5. The molecule has 2 aromatic heterocycles. The highest BCUT2D eigenvalue weighted by Crippen LogP contribution is 2.34. The first-order valence-corrected chi connectivity index (χ1v) is 11.8. The van der Waals surface area contributed by atoms with Crippen molar-refractivity contribution in [3.63, 3.8) is 0 Å². The maximum atomic E-state index is 13.3. The smallest absolute Gasteiger partial charge is 0.263 e. The third kappa shape index (κ3) is 4.78. The van der Waals surface area contributed by atoms with E-state index in [1.807, 2.05) is 6.92 Å². The molecule has 0 saturated carbocycles. The SMILES string of the molecule is CCCC(C)NC(=O)CSc1nc2sc3c(c2c(=O)n1CCOC)CCCC3. The van der Waals surface area contributed by atoms with E-state index in [2.05, 4.69) is 12.2 Å². The summed E-state index contributed by atoms with van der Waals surface area (Å²) in [5, 5.41) is 4.39. The summed E-state index contributed by atoms with van der Waals surface area (Å²) < 4.78 is 6.88. The number of nitrogens with one attached hydrogen (secondary N) is 1. The van der Waals surface area contributed by atoms with Crippen LogP contribution in [0.4, 0.5) is 0 Å². The van der Waals surface area contributed by atoms with Crippen molar-refractivity contribution in [2.24, 2.45) is 0 Å². The van der Waals surface area contributed by atoms with Crippen LogP contribution >= 0.6 is 23.1 Å². The number of carbonyl (C=O) groups excluding carboxylic acids is 1. The van der Waals surface area contributed by atoms with Crippen molar-refractivity contribution in [2.45, 2.75) is 70.1 Å². The minimum atomic E-state index is -0.0240. The Hall–Kier alpha value is -1.38. The predicted octanol–water partition coefficient (Wildman–Crippen LogP) is 3.38. The van der Waals surface area contributed by atoms with Gasteiger partial charge < -0.3 is 10.1 Å². The number of hydrogen-bond acceptors (Lipinski definition) is 6. The van der Waals surface area contributed by atoms with Crippen LogP contribution in [0.3, 0.4) is 0 Å². The number of aryl methyl sites for hydroxylation is 2. The number of rotatable bonds is 9. The summed E-state index contributed by atoms with van der Waals surface area (Å²) in [4.78, 5) is 32.4. The minimum absolute atomic E-state index is 0.00343. The topological polar surface area (TPSA) is 73.2 Å². The van der Waals surface area contributed by atoms with E-state index in [9.17, 15) is 9.59 Å². The summed E-state index contributed by atoms with van der Waals surface area (Å²) in [5.74, 6) is 0.230. The second-order valence-electron chi connectivity index (χ2n) is 7.28. The van der Waals surface area contributed by atoms with Gasteiger partial charge in [-0.3, -0.25) is 14.2 Å². The zero-order chi connectivity index (χ0) is 20.1. The number of ether oxygens (including phenoxy) is 1. The first-order chi connectivity index (χ1) is 13.5. The number of hydrogen-bond donors (Lipinski definition) is 1. The number of carbonyl (C=O) groups is 1. The van der Waals surface area contributed by atoms with Gasteiger partial charge in [0, 0.05) is 18.0 Å². The van der Waals surface area contributed by atoms with Gasteiger partial charge in [0.1, 0.15) is 4.83 Å². The molecule has 1 aliphatic carbocycles. The van der Waals surface area contributed by atoms with Crippen molar-refractivity contribution < 1.29 is 9.53 Å². The van der Waals surface area contributed by atoms with Crippen molar-refractivity contribution in [1.82, 2.24) is 14.9 Å². The van der Waals surface area contributed by atoms with E-state index < -0.39 is 0 Å². The van der Waals surface area contributed by atoms with Crippen molar-refractivity contribution in [3.8, 4) is 0 Å². The molecule has 2 aromatic rings. The first kappa shape index (κ1) is 21.3. The lowest BCUT2D eigenvalue weighted by atomic mass is 9.97. The van der Waals surface area contributed by atoms with E-state index in [1.165, 1.54) is 28.6 Å². The molecule has 8 heteroatoms. The molecular weight excluding hydrogens is 394 g/mol. The Bertz CT molecular complexity index is 891. The number of nitrogens with zero attached hydrogens (tertiary/aromatic N) is 2. The molecule has 1 aliphatic rings. The molecule has 1 atom stereocenters. The van der Waals surface area contributed by atoms with Crippen molar-refractivity contribution >= 4 is 39.2 Å². The van der Waals surface area contributed by atoms with Crippen LogP contribution in [0.1, 0.15) is 50.0 Å². The van der Waals surface area contributed by atoms with Crippen LogP contribution < -0.4 is 10.9 Å². The molecule has 0 aliphatic heterocycles. The van der Waals surface area contributed by atoms with E-state index in [0.29, 0.717) is 18.3 Å². The third-order valence-electron chi connectivity index (χ3n) is 5.02. The Morgan fingerprint density at radius 1 is 1.39 bits per heavy atom. The average molecular weight is 424 g/mol. The molecule has 0 saturated heterocycles. The maximum Gasteiger partial charge on any atom is 0.263 e. The lowest BCUT2D eigenvalue weighted by molar-refractivity contribution is -0.119. The van der Waals surface area contributed by atoms with E-state index in [0.717, 1.165) is 42.3 Å². The molecule has 2 heterocycles. The Labute approximate surface area is 174 Å². The summed E-state index contributed by atoms with van der Waals surface area (Å²) in [7, 11) is 1.62. The Morgan fingerprint density at radius 2 is 2.18 bits per heavy atom. The van der Waals surface area contributed by atoms with E-state index in [-0.39, 0.29) is 23.3 Å². The lowest BCUT2D eigenvalue weighted by Gasteiger charge is -2.14. The molecule has 0 aromatic carbocycles. The largest absolute Gasteiger partial charge is 0.383 e. The second kappa shape index (κ2) is 9.89. The van der Waals surface area contributed by atoms with Crippen LogP contribution in [0.25, 0.3) is 10.2 Å². The van der Waals surface area contributed by atoms with E-state index in [4.69, 9.17) is 9.72 Å². The van der Waals surface area contributed by atoms with Crippen LogP contribution in [0.5, 0.6) is 0 Å². The fourth-order valence-corrected chi connectivity index (χ4v) is 5.80. The fraction of sp³-hybridized carbons (Fsp3) is 0.650. The summed E-state index contributed by atoms with van der Waals surface area (Å²) >= 11 is 2.97. The zero-order valence-electron chi connectivity index (χ0n) is 16.9. The lowest BCUT2D eigenvalue weighted by Crippen LogP contribution is -2.34. The quantitative estimate of drug-likeness (QED) is 0.494. The molecule has 28 heavy (non-hydrogen) atoms. The Kier molecular flexibility index (Phi) is 7.54. The highest BCUT2D eigenvalue weighted by Gasteiger charge is 2.22. The maximum absolute atomic E-state index is 13.3. The Morgan fingerprint density at radius 3 is 2.93 bits per heavy atom. The van der Waals surface area contributed by atoms with Gasteiger partial charge in [0.15, 0.2) is 5.16 Å². The number of methoxy groups -OCH3 is 1. The van der Waals surface area contributed by atoms with Gasteiger partial charge in [-0.25, -0.2) is 4.98 Å². The highest BCUT2D eigenvalue weighted by molar-refractivity contribution is 7.99. The van der Waals surface area contributed by atoms with Crippen LogP contribution in [0.2, 0.25) is 0 Å². The third-order valence-corrected chi connectivity index (χ3v) is 7.18. The van der Waals surface area contributed by atoms with Crippen molar-refractivity contribution in [2.75, 3.05) is 19.5 Å². The van der Waals surface area contributed by atoms with E-state index in [1.54, 1.807) is 23.0 Å². The molecule has 0 bridgehead atoms. The summed E-state index contributed by atoms with van der Waals surface area (Å²) in [5.41, 5.74) is 1.20. The van der Waals surface area contributed by atoms with E-state index >= 15 is 0 Å². The molecular formula is C20H29N3O3S2. The first-order valence-electron chi connectivity index (χ1n) is 10.0. The normalized spacial score (nSPS) is 14.8. The van der Waals surface area contributed by atoms with Gasteiger partial charge >= 0.3 is 0 Å². The van der Waals surface area contributed by atoms with Gasteiger partial charge in [-0.1, -0.05) is 25.1 Å². The molecule has 1 unspecified atom stereocenters. The summed E-state index contributed by atoms with van der Waals surface area (Å²) in [6, 6.07) is 0.160. The molecule has 0 fully saturated rings. The van der Waals surface area contributed by atoms with Gasteiger partial charge in [-0.15, -0.1) is 11.3 Å². The molecule has 1 amide bonds.